The molecule has 1 fully saturated rings. The first kappa shape index (κ1) is 29.9. The highest BCUT2D eigenvalue weighted by Crippen LogP contribution is 2.39. The van der Waals surface area contributed by atoms with Crippen molar-refractivity contribution in [1.29, 1.82) is 0 Å². The van der Waals surface area contributed by atoms with Gasteiger partial charge in [0.25, 0.3) is 0 Å². The minimum Gasteiger partial charge on any atom is -0.444 e. The number of rotatable bonds is 6. The number of hydrogen-bond acceptors (Lipinski definition) is 5. The van der Waals surface area contributed by atoms with Gasteiger partial charge >= 0.3 is 13.6 Å². The van der Waals surface area contributed by atoms with Gasteiger partial charge in [-0.1, -0.05) is 59.9 Å². The Labute approximate surface area is 220 Å². The van der Waals surface area contributed by atoms with Crippen molar-refractivity contribution < 1.29 is 24.1 Å². The van der Waals surface area contributed by atoms with Crippen molar-refractivity contribution in [1.82, 2.24) is 9.80 Å². The first-order valence-electron chi connectivity index (χ1n) is 12.2. The Morgan fingerprint density at radius 2 is 1.71 bits per heavy atom. The molecule has 9 heteroatoms. The molecule has 0 aromatic rings. The first-order valence-corrected chi connectivity index (χ1v) is 13.1. The third kappa shape index (κ3) is 7.13. The van der Waals surface area contributed by atoms with E-state index in [1.54, 1.807) is 38.2 Å². The van der Waals surface area contributed by atoms with E-state index in [-0.39, 0.29) is 16.1 Å². The van der Waals surface area contributed by atoms with Crippen molar-refractivity contribution in [3.05, 3.63) is 23.2 Å². The molecule has 1 saturated heterocycles. The second kappa shape index (κ2) is 10.2. The zero-order valence-corrected chi connectivity index (χ0v) is 24.8. The number of halogens is 1. The zero-order chi connectivity index (χ0) is 27.1. The number of alkyl halides is 1. The molecule has 2 amide bonds. The van der Waals surface area contributed by atoms with E-state index >= 15 is 0 Å². The summed E-state index contributed by atoms with van der Waals surface area (Å²) in [6.45, 7) is 18.6. The van der Waals surface area contributed by atoms with Gasteiger partial charge in [-0.05, 0) is 54.9 Å². The molecule has 35 heavy (non-hydrogen) atoms. The lowest BCUT2D eigenvalue weighted by Gasteiger charge is -2.39. The molecule has 0 aromatic carbocycles. The highest BCUT2D eigenvalue weighted by Gasteiger charge is 2.52. The first-order chi connectivity index (χ1) is 15.7. The Balaban J connectivity index is 2.38. The molecule has 1 aliphatic carbocycles. The number of likely N-dealkylation sites (N-methyl/N-ethyl adjacent to an activating group) is 1. The second-order valence-electron chi connectivity index (χ2n) is 12.7. The van der Waals surface area contributed by atoms with E-state index in [4.69, 9.17) is 9.39 Å². The van der Waals surface area contributed by atoms with Gasteiger partial charge in [-0.2, -0.15) is 0 Å². The molecule has 197 valence electrons. The van der Waals surface area contributed by atoms with Crippen LogP contribution in [0.5, 0.6) is 0 Å². The summed E-state index contributed by atoms with van der Waals surface area (Å²) in [5.74, 6) is -0.116. The molecule has 0 saturated carbocycles. The lowest BCUT2D eigenvalue weighted by Crippen LogP contribution is -2.52. The fraction of sp³-hybridized carbons (Fsp3) is 0.769. The molecule has 2 aliphatic rings. The highest BCUT2D eigenvalue weighted by atomic mass is 79.9. The fourth-order valence-corrected chi connectivity index (χ4v) is 4.65. The van der Waals surface area contributed by atoms with Crippen LogP contribution in [0.15, 0.2) is 23.2 Å². The van der Waals surface area contributed by atoms with E-state index < -0.39 is 35.1 Å². The minimum atomic E-state index is -1.06. The molecule has 1 heterocycles. The number of amides is 2. The molecule has 2 unspecified atom stereocenters. The smallest absolute Gasteiger partial charge is 0.412 e. The molecular weight excluding hydrogens is 511 g/mol. The van der Waals surface area contributed by atoms with E-state index in [2.05, 4.69) is 22.0 Å². The summed E-state index contributed by atoms with van der Waals surface area (Å²) in [6.07, 6.45) is 4.28. The third-order valence-corrected chi connectivity index (χ3v) is 7.30. The maximum absolute atomic E-state index is 13.5. The van der Waals surface area contributed by atoms with Crippen molar-refractivity contribution in [2.24, 2.45) is 5.41 Å². The van der Waals surface area contributed by atoms with Gasteiger partial charge in [-0.25, -0.2) is 4.79 Å². The second-order valence-corrected chi connectivity index (χ2v) is 13.9. The zero-order valence-electron chi connectivity index (χ0n) is 23.2. The highest BCUT2D eigenvalue weighted by molar-refractivity contribution is 9.09. The molecule has 1 N–H and O–H groups in total. The maximum atomic E-state index is 13.5. The minimum absolute atomic E-state index is 0.116. The number of carbonyl (C=O) groups excluding carboxylic acids is 2. The average molecular weight is 554 g/mol. The van der Waals surface area contributed by atoms with Crippen LogP contribution in [0.1, 0.15) is 82.1 Å². The van der Waals surface area contributed by atoms with Crippen molar-refractivity contribution in [2.45, 2.75) is 116 Å². The van der Waals surface area contributed by atoms with Crippen LogP contribution >= 0.6 is 15.9 Å². The third-order valence-electron chi connectivity index (χ3n) is 6.67. The summed E-state index contributed by atoms with van der Waals surface area (Å²) < 4.78 is 11.8. The van der Waals surface area contributed by atoms with Gasteiger partial charge in [-0.15, -0.1) is 0 Å². The van der Waals surface area contributed by atoms with Crippen molar-refractivity contribution >= 4 is 35.4 Å². The number of ether oxygens (including phenoxy) is 1. The lowest BCUT2D eigenvalue weighted by molar-refractivity contribution is -0.129. The SMILES string of the molecule is CN1C(=O)[C@H](CC2=CCC(Br)C=C2[B]OC(C)(C)C(C)(C)O)N(C(=O)OC(C)(C)C)C1C(C)(C)C. The molecule has 0 aromatic heterocycles. The standard InChI is InChI=1S/C26H43BBrN2O5/c1-23(2,3)21-29(11)20(31)19(30(21)22(32)34-24(4,5)6)14-16-12-13-17(28)15-18(16)27-35-26(9,10)25(7,8)33/h12,15,17,19,21,33H,13-14H2,1-11H3/t17?,19-,21?/m0/s1. The molecule has 3 atom stereocenters. The van der Waals surface area contributed by atoms with E-state index in [0.29, 0.717) is 6.42 Å². The van der Waals surface area contributed by atoms with Gasteiger partial charge in [0.05, 0.1) is 11.2 Å². The van der Waals surface area contributed by atoms with E-state index in [1.807, 2.05) is 61.5 Å². The maximum Gasteiger partial charge on any atom is 0.412 e. The molecule has 7 nitrogen and oxygen atoms in total. The van der Waals surface area contributed by atoms with Gasteiger partial charge in [0.2, 0.25) is 5.91 Å². The van der Waals surface area contributed by atoms with Crippen molar-refractivity contribution in [2.75, 3.05) is 7.05 Å². The Morgan fingerprint density at radius 3 is 2.20 bits per heavy atom. The van der Waals surface area contributed by atoms with Crippen molar-refractivity contribution in [3.8, 4) is 0 Å². The van der Waals surface area contributed by atoms with E-state index in [9.17, 15) is 14.7 Å². The Kier molecular flexibility index (Phi) is 8.73. The van der Waals surface area contributed by atoms with Crippen LogP contribution in [0.3, 0.4) is 0 Å². The van der Waals surface area contributed by atoms with Crippen LogP contribution < -0.4 is 0 Å². The molecular formula is C26H43BBrN2O5. The van der Waals surface area contributed by atoms with Crippen LogP contribution in [0, 0.1) is 5.41 Å². The predicted octanol–water partition coefficient (Wildman–Crippen LogP) is 4.99. The monoisotopic (exact) mass is 553 g/mol. The molecule has 1 aliphatic heterocycles. The van der Waals surface area contributed by atoms with E-state index in [0.717, 1.165) is 17.5 Å². The summed E-state index contributed by atoms with van der Waals surface area (Å²) in [4.78, 5) is 30.3. The van der Waals surface area contributed by atoms with Gasteiger partial charge in [0.15, 0.2) is 0 Å². The average Bonchev–Trinajstić information content (AvgIpc) is 2.91. The number of hydrogen-bond donors (Lipinski definition) is 1. The topological polar surface area (TPSA) is 79.3 Å². The molecule has 0 spiro atoms. The largest absolute Gasteiger partial charge is 0.444 e. The Morgan fingerprint density at radius 1 is 1.14 bits per heavy atom. The number of aliphatic hydroxyl groups is 1. The van der Waals surface area contributed by atoms with Crippen LogP contribution in [0.2, 0.25) is 0 Å². The summed E-state index contributed by atoms with van der Waals surface area (Å²) >= 11 is 3.65. The predicted molar refractivity (Wildman–Crippen MR) is 143 cm³/mol. The summed E-state index contributed by atoms with van der Waals surface area (Å²) in [5.41, 5.74) is -1.20. The molecule has 2 rings (SSSR count). The number of allylic oxidation sites excluding steroid dienone is 3. The van der Waals surface area contributed by atoms with E-state index in [1.165, 1.54) is 0 Å². The summed E-state index contributed by atoms with van der Waals surface area (Å²) in [6, 6.07) is -0.698. The van der Waals surface area contributed by atoms with Crippen LogP contribution in [-0.4, -0.2) is 75.3 Å². The van der Waals surface area contributed by atoms with Gasteiger partial charge < -0.3 is 19.4 Å². The number of carbonyl (C=O) groups is 2. The quantitative estimate of drug-likeness (QED) is 0.370. The Bertz CT molecular complexity index is 880. The molecule has 1 radical (unpaired) electrons. The molecule has 0 bridgehead atoms. The summed E-state index contributed by atoms with van der Waals surface area (Å²) in [7, 11) is 3.40. The normalized spacial score (nSPS) is 24.4. The van der Waals surface area contributed by atoms with Crippen molar-refractivity contribution in [3.63, 3.8) is 0 Å². The van der Waals surface area contributed by atoms with Crippen LogP contribution in [0.25, 0.3) is 0 Å². The van der Waals surface area contributed by atoms with Gasteiger partial charge in [-0.3, -0.25) is 9.69 Å². The fourth-order valence-electron chi connectivity index (χ4n) is 4.18. The van der Waals surface area contributed by atoms with Gasteiger partial charge in [0.1, 0.15) is 17.8 Å². The number of nitrogens with zero attached hydrogens (tertiary/aromatic N) is 2. The van der Waals surface area contributed by atoms with Crippen LogP contribution in [0.4, 0.5) is 4.79 Å². The Hall–Kier alpha value is -1.32. The van der Waals surface area contributed by atoms with Crippen LogP contribution in [-0.2, 0) is 14.2 Å². The van der Waals surface area contributed by atoms with Gasteiger partial charge in [0, 0.05) is 23.7 Å². The lowest BCUT2D eigenvalue weighted by atomic mass is 9.74. The summed E-state index contributed by atoms with van der Waals surface area (Å²) in [5, 5.41) is 10.5.